The molecule has 0 atom stereocenters. The van der Waals surface area contributed by atoms with E-state index >= 15 is 0 Å². The zero-order valence-electron chi connectivity index (χ0n) is 11.4. The number of rotatable bonds is 3. The molecule has 0 aliphatic heterocycles. The van der Waals surface area contributed by atoms with E-state index in [9.17, 15) is 19.3 Å². The molecule has 0 fully saturated rings. The number of aromatic nitrogens is 1. The zero-order chi connectivity index (χ0) is 16.4. The number of amides is 2. The topological polar surface area (TPSA) is 97.2 Å². The number of urea groups is 1. The first-order valence-corrected chi connectivity index (χ1v) is 7.21. The van der Waals surface area contributed by atoms with Crippen LogP contribution in [0, 0.1) is 15.9 Å². The molecule has 7 nitrogen and oxygen atoms in total. The fourth-order valence-electron chi connectivity index (χ4n) is 1.91. The van der Waals surface area contributed by atoms with Crippen LogP contribution in [0.15, 0.2) is 42.5 Å². The lowest BCUT2D eigenvalue weighted by Gasteiger charge is -2.04. The second kappa shape index (κ2) is 5.97. The number of halogens is 1. The van der Waals surface area contributed by atoms with Gasteiger partial charge in [-0.2, -0.15) is 0 Å². The van der Waals surface area contributed by atoms with Crippen molar-refractivity contribution in [2.75, 3.05) is 10.6 Å². The summed E-state index contributed by atoms with van der Waals surface area (Å²) in [5.74, 6) is -0.381. The average Bonchev–Trinajstić information content (AvgIpc) is 2.88. The molecule has 0 aliphatic rings. The number of hydrogen-bond donors (Lipinski definition) is 2. The fourth-order valence-corrected chi connectivity index (χ4v) is 2.79. The van der Waals surface area contributed by atoms with Crippen LogP contribution in [0.4, 0.5) is 25.7 Å². The van der Waals surface area contributed by atoms with E-state index in [4.69, 9.17) is 0 Å². The van der Waals surface area contributed by atoms with Crippen LogP contribution >= 0.6 is 11.3 Å². The maximum Gasteiger partial charge on any atom is 0.325 e. The number of hydrogen-bond acceptors (Lipinski definition) is 5. The van der Waals surface area contributed by atoms with E-state index in [1.807, 2.05) is 0 Å². The first-order chi connectivity index (χ1) is 11.0. The molecular weight excluding hydrogens is 323 g/mol. The molecule has 0 saturated heterocycles. The Morgan fingerprint density at radius 1 is 1.22 bits per heavy atom. The Bertz CT molecular complexity index is 912. The minimum absolute atomic E-state index is 0.127. The van der Waals surface area contributed by atoms with Crippen molar-refractivity contribution in [2.24, 2.45) is 0 Å². The van der Waals surface area contributed by atoms with Gasteiger partial charge in [0.1, 0.15) is 5.82 Å². The molecule has 2 amide bonds. The maximum atomic E-state index is 13.1. The molecule has 0 spiro atoms. The van der Waals surface area contributed by atoms with Crippen LogP contribution in [0.1, 0.15) is 0 Å². The summed E-state index contributed by atoms with van der Waals surface area (Å²) in [6.45, 7) is 0. The van der Waals surface area contributed by atoms with Crippen LogP contribution in [0.25, 0.3) is 10.2 Å². The van der Waals surface area contributed by atoms with Crippen molar-refractivity contribution in [3.63, 3.8) is 0 Å². The lowest BCUT2D eigenvalue weighted by molar-refractivity contribution is -0.384. The highest BCUT2D eigenvalue weighted by atomic mass is 32.1. The van der Waals surface area contributed by atoms with Gasteiger partial charge in [-0.25, -0.2) is 14.2 Å². The monoisotopic (exact) mass is 332 g/mol. The molecule has 2 N–H and O–H groups in total. The van der Waals surface area contributed by atoms with Crippen molar-refractivity contribution < 1.29 is 14.1 Å². The number of nitro benzene ring substituents is 1. The third-order valence-corrected chi connectivity index (χ3v) is 3.82. The Labute approximate surface area is 132 Å². The second-order valence-corrected chi connectivity index (χ2v) is 5.55. The van der Waals surface area contributed by atoms with Crippen molar-refractivity contribution in [2.45, 2.75) is 0 Å². The molecule has 1 aromatic heterocycles. The standard InChI is InChI=1S/C14H9FN4O3S/c15-8-4-5-11-12(6-8)23-14(17-11)18-13(20)16-9-2-1-3-10(7-9)19(21)22/h1-7H,(H2,16,17,18,20). The second-order valence-electron chi connectivity index (χ2n) is 4.52. The van der Waals surface area contributed by atoms with Crippen molar-refractivity contribution in [1.82, 2.24) is 4.98 Å². The van der Waals surface area contributed by atoms with Crippen LogP contribution < -0.4 is 10.6 Å². The van der Waals surface area contributed by atoms with Crippen molar-refractivity contribution in [3.8, 4) is 0 Å². The van der Waals surface area contributed by atoms with Crippen LogP contribution in [0.2, 0.25) is 0 Å². The molecule has 0 aliphatic carbocycles. The highest BCUT2D eigenvalue weighted by molar-refractivity contribution is 7.22. The summed E-state index contributed by atoms with van der Waals surface area (Å²) in [5.41, 5.74) is 0.726. The predicted molar refractivity (Wildman–Crippen MR) is 85.3 cm³/mol. The minimum Gasteiger partial charge on any atom is -0.307 e. The molecule has 0 bridgehead atoms. The van der Waals surface area contributed by atoms with Gasteiger partial charge >= 0.3 is 6.03 Å². The number of fused-ring (bicyclic) bond motifs is 1. The van der Waals surface area contributed by atoms with Crippen LogP contribution in [-0.4, -0.2) is 15.9 Å². The van der Waals surface area contributed by atoms with Crippen molar-refractivity contribution >= 4 is 44.1 Å². The molecule has 0 unspecified atom stereocenters. The normalized spacial score (nSPS) is 10.5. The number of thiazole rings is 1. The molecule has 3 aromatic rings. The van der Waals surface area contributed by atoms with Crippen LogP contribution in [-0.2, 0) is 0 Å². The van der Waals surface area contributed by atoms with Gasteiger partial charge in [-0.1, -0.05) is 17.4 Å². The average molecular weight is 332 g/mol. The summed E-state index contributed by atoms with van der Waals surface area (Å²) in [7, 11) is 0. The van der Waals surface area contributed by atoms with E-state index in [0.29, 0.717) is 15.3 Å². The number of non-ortho nitro benzene ring substituents is 1. The summed E-state index contributed by atoms with van der Waals surface area (Å²) >= 11 is 1.13. The first-order valence-electron chi connectivity index (χ1n) is 6.40. The highest BCUT2D eigenvalue weighted by Gasteiger charge is 2.10. The molecular formula is C14H9FN4O3S. The SMILES string of the molecule is O=C(Nc1cccc([N+](=O)[O-])c1)Nc1nc2ccc(F)cc2s1. The number of carbonyl (C=O) groups is 1. The number of nitro groups is 1. The quantitative estimate of drug-likeness (QED) is 0.560. The number of nitrogens with zero attached hydrogens (tertiary/aromatic N) is 2. The number of anilines is 2. The van der Waals surface area contributed by atoms with Crippen molar-refractivity contribution in [1.29, 1.82) is 0 Å². The van der Waals surface area contributed by atoms with Gasteiger partial charge in [-0.05, 0) is 24.3 Å². The van der Waals surface area contributed by atoms with Crippen LogP contribution in [0.5, 0.6) is 0 Å². The predicted octanol–water partition coefficient (Wildman–Crippen LogP) is 3.99. The van der Waals surface area contributed by atoms with E-state index in [1.165, 1.54) is 42.5 Å². The molecule has 23 heavy (non-hydrogen) atoms. The number of nitrogens with one attached hydrogen (secondary N) is 2. The van der Waals surface area contributed by atoms with E-state index in [-0.39, 0.29) is 17.2 Å². The molecule has 3 rings (SSSR count). The highest BCUT2D eigenvalue weighted by Crippen LogP contribution is 2.26. The molecule has 116 valence electrons. The maximum absolute atomic E-state index is 13.1. The van der Waals surface area contributed by atoms with E-state index in [2.05, 4.69) is 15.6 Å². The summed E-state index contributed by atoms with van der Waals surface area (Å²) < 4.78 is 13.7. The molecule has 0 saturated carbocycles. The van der Waals surface area contributed by atoms with Gasteiger partial charge < -0.3 is 5.32 Å². The number of carbonyl (C=O) groups excluding carboxylic acids is 1. The van der Waals surface area contributed by atoms with E-state index < -0.39 is 11.0 Å². The third kappa shape index (κ3) is 3.40. The van der Waals surface area contributed by atoms with Crippen LogP contribution in [0.3, 0.4) is 0 Å². The fraction of sp³-hybridized carbons (Fsp3) is 0. The zero-order valence-corrected chi connectivity index (χ0v) is 12.3. The Balaban J connectivity index is 1.73. The Kier molecular flexibility index (Phi) is 3.85. The van der Waals surface area contributed by atoms with Gasteiger partial charge in [0.15, 0.2) is 5.13 Å². The van der Waals surface area contributed by atoms with Gasteiger partial charge in [0.05, 0.1) is 15.1 Å². The van der Waals surface area contributed by atoms with E-state index in [0.717, 1.165) is 11.3 Å². The van der Waals surface area contributed by atoms with Gasteiger partial charge in [0.2, 0.25) is 0 Å². The number of benzene rings is 2. The smallest absolute Gasteiger partial charge is 0.307 e. The van der Waals surface area contributed by atoms with Gasteiger partial charge in [0, 0.05) is 17.8 Å². The van der Waals surface area contributed by atoms with E-state index in [1.54, 1.807) is 0 Å². The van der Waals surface area contributed by atoms with Gasteiger partial charge in [-0.15, -0.1) is 0 Å². The Hall–Kier alpha value is -3.07. The van der Waals surface area contributed by atoms with Gasteiger partial charge in [0.25, 0.3) is 5.69 Å². The minimum atomic E-state index is -0.593. The van der Waals surface area contributed by atoms with Gasteiger partial charge in [-0.3, -0.25) is 15.4 Å². The lowest BCUT2D eigenvalue weighted by Crippen LogP contribution is -2.19. The summed E-state index contributed by atoms with van der Waals surface area (Å²) in [6.07, 6.45) is 0. The Morgan fingerprint density at radius 2 is 2.04 bits per heavy atom. The van der Waals surface area contributed by atoms with Crippen molar-refractivity contribution in [3.05, 3.63) is 58.4 Å². The summed E-state index contributed by atoms with van der Waals surface area (Å²) in [5, 5.41) is 16.0. The lowest BCUT2D eigenvalue weighted by atomic mass is 10.3. The molecule has 2 aromatic carbocycles. The molecule has 9 heteroatoms. The molecule has 0 radical (unpaired) electrons. The molecule has 1 heterocycles. The third-order valence-electron chi connectivity index (χ3n) is 2.89. The summed E-state index contributed by atoms with van der Waals surface area (Å²) in [4.78, 5) is 26.2. The first kappa shape index (κ1) is 14.9. The Morgan fingerprint density at radius 3 is 2.83 bits per heavy atom. The largest absolute Gasteiger partial charge is 0.325 e. The summed E-state index contributed by atoms with van der Waals surface area (Å²) in [6, 6.07) is 9.11.